The van der Waals surface area contributed by atoms with Gasteiger partial charge in [0.25, 0.3) is 0 Å². The molecule has 0 aromatic carbocycles. The van der Waals surface area contributed by atoms with Crippen LogP contribution < -0.4 is 5.32 Å². The van der Waals surface area contributed by atoms with Gasteiger partial charge in [-0.3, -0.25) is 0 Å². The quantitative estimate of drug-likeness (QED) is 0.511. The van der Waals surface area contributed by atoms with Crippen molar-refractivity contribution in [2.45, 2.75) is 11.8 Å². The van der Waals surface area contributed by atoms with Gasteiger partial charge in [-0.1, -0.05) is 0 Å². The van der Waals surface area contributed by atoms with Gasteiger partial charge < -0.3 is 5.32 Å². The topological polar surface area (TPSA) is 12.0 Å². The summed E-state index contributed by atoms with van der Waals surface area (Å²) in [7, 11) is 0. The third-order valence-electron chi connectivity index (χ3n) is 2.39. The highest BCUT2D eigenvalue weighted by atomic mass is 19.3. The number of alkyl halides is 4. The fourth-order valence-electron chi connectivity index (χ4n) is 1.34. The first-order valence-corrected chi connectivity index (χ1v) is 2.92. The van der Waals surface area contributed by atoms with Crippen LogP contribution in [0.5, 0.6) is 0 Å². The van der Waals surface area contributed by atoms with Gasteiger partial charge in [0.05, 0.1) is 0 Å². The standard InChI is InChI=1S/C5H5F4N/c6-4(7)3(1-10-2-3)5(4,8)9/h10H,1-2H2. The zero-order valence-electron chi connectivity index (χ0n) is 4.93. The van der Waals surface area contributed by atoms with Crippen molar-refractivity contribution in [3.8, 4) is 0 Å². The molecule has 2 aliphatic rings. The molecule has 0 aromatic rings. The fourth-order valence-corrected chi connectivity index (χ4v) is 1.34. The molecule has 0 amide bonds. The lowest BCUT2D eigenvalue weighted by Gasteiger charge is -2.25. The molecule has 0 unspecified atom stereocenters. The second-order valence-electron chi connectivity index (χ2n) is 2.83. The molecule has 5 heteroatoms. The minimum atomic E-state index is -3.76. The first-order chi connectivity index (χ1) is 4.46. The Morgan fingerprint density at radius 1 is 0.900 bits per heavy atom. The number of hydrogen-bond donors (Lipinski definition) is 1. The van der Waals surface area contributed by atoms with E-state index in [1.807, 2.05) is 0 Å². The lowest BCUT2D eigenvalue weighted by atomic mass is 9.99. The monoisotopic (exact) mass is 155 g/mol. The Labute approximate surface area is 54.4 Å². The highest BCUT2D eigenvalue weighted by Gasteiger charge is 2.97. The maximum Gasteiger partial charge on any atom is 0.325 e. The molecule has 1 aliphatic heterocycles. The van der Waals surface area contributed by atoms with E-state index in [1.165, 1.54) is 0 Å². The van der Waals surface area contributed by atoms with Crippen molar-refractivity contribution >= 4 is 0 Å². The Kier molecular flexibility index (Phi) is 0.765. The maximum absolute atomic E-state index is 12.2. The Morgan fingerprint density at radius 3 is 1.30 bits per heavy atom. The molecule has 0 radical (unpaired) electrons. The summed E-state index contributed by atoms with van der Waals surface area (Å²) in [4.78, 5) is 0. The van der Waals surface area contributed by atoms with E-state index in [2.05, 4.69) is 5.32 Å². The molecule has 0 atom stereocenters. The second-order valence-corrected chi connectivity index (χ2v) is 2.83. The van der Waals surface area contributed by atoms with Gasteiger partial charge in [0.15, 0.2) is 0 Å². The van der Waals surface area contributed by atoms with Crippen LogP contribution in [0.15, 0.2) is 0 Å². The van der Waals surface area contributed by atoms with Crippen molar-refractivity contribution in [3.05, 3.63) is 0 Å². The van der Waals surface area contributed by atoms with Crippen molar-refractivity contribution in [2.75, 3.05) is 13.1 Å². The van der Waals surface area contributed by atoms with E-state index in [9.17, 15) is 17.6 Å². The highest BCUT2D eigenvalue weighted by Crippen LogP contribution is 2.73. The van der Waals surface area contributed by atoms with E-state index < -0.39 is 17.3 Å². The van der Waals surface area contributed by atoms with E-state index in [1.54, 1.807) is 0 Å². The average molecular weight is 155 g/mol. The van der Waals surface area contributed by atoms with Crippen LogP contribution in [-0.4, -0.2) is 24.9 Å². The lowest BCUT2D eigenvalue weighted by Crippen LogP contribution is -2.49. The zero-order valence-corrected chi connectivity index (χ0v) is 4.93. The summed E-state index contributed by atoms with van der Waals surface area (Å²) in [6, 6.07) is 0. The molecule has 0 bridgehead atoms. The third-order valence-corrected chi connectivity index (χ3v) is 2.39. The molecule has 1 nitrogen and oxygen atoms in total. The van der Waals surface area contributed by atoms with Crippen LogP contribution in [0.1, 0.15) is 0 Å². The van der Waals surface area contributed by atoms with Gasteiger partial charge in [-0.15, -0.1) is 0 Å². The first-order valence-electron chi connectivity index (χ1n) is 2.92. The summed E-state index contributed by atoms with van der Waals surface area (Å²) >= 11 is 0. The summed E-state index contributed by atoms with van der Waals surface area (Å²) in [5.41, 5.74) is -2.01. The molecule has 10 heavy (non-hydrogen) atoms. The fraction of sp³-hybridized carbons (Fsp3) is 1.00. The molecule has 1 heterocycles. The van der Waals surface area contributed by atoms with Crippen LogP contribution in [-0.2, 0) is 0 Å². The van der Waals surface area contributed by atoms with Gasteiger partial charge >= 0.3 is 11.8 Å². The number of halogens is 4. The SMILES string of the molecule is FC1(F)C(F)(F)C12CNC2. The average Bonchev–Trinajstić information content (AvgIpc) is 1.91. The predicted octanol–water partition coefficient (Wildman–Crippen LogP) is 0.860. The smallest absolute Gasteiger partial charge is 0.315 e. The molecule has 1 spiro atoms. The highest BCUT2D eigenvalue weighted by molar-refractivity contribution is 5.31. The van der Waals surface area contributed by atoms with Crippen molar-refractivity contribution in [1.29, 1.82) is 0 Å². The van der Waals surface area contributed by atoms with Crippen LogP contribution in [0.2, 0.25) is 0 Å². The van der Waals surface area contributed by atoms with E-state index >= 15 is 0 Å². The van der Waals surface area contributed by atoms with Crippen LogP contribution in [0.3, 0.4) is 0 Å². The van der Waals surface area contributed by atoms with Crippen LogP contribution in [0, 0.1) is 5.41 Å². The van der Waals surface area contributed by atoms with Crippen LogP contribution in [0.4, 0.5) is 17.6 Å². The predicted molar refractivity (Wildman–Crippen MR) is 25.2 cm³/mol. The lowest BCUT2D eigenvalue weighted by molar-refractivity contribution is -0.0278. The number of hydrogen-bond acceptors (Lipinski definition) is 1. The minimum Gasteiger partial charge on any atom is -0.315 e. The van der Waals surface area contributed by atoms with Crippen molar-refractivity contribution in [3.63, 3.8) is 0 Å². The summed E-state index contributed by atoms with van der Waals surface area (Å²) in [5, 5.41) is 2.42. The summed E-state index contributed by atoms with van der Waals surface area (Å²) in [6.45, 7) is -0.514. The number of rotatable bonds is 0. The van der Waals surface area contributed by atoms with Crippen LogP contribution >= 0.6 is 0 Å². The molecule has 1 aliphatic carbocycles. The molecule has 2 fully saturated rings. The van der Waals surface area contributed by atoms with Gasteiger partial charge in [-0.2, -0.15) is 17.6 Å². The Balaban J connectivity index is 2.30. The maximum atomic E-state index is 12.2. The molecule has 0 aromatic heterocycles. The molecule has 2 rings (SSSR count). The molecule has 1 saturated carbocycles. The van der Waals surface area contributed by atoms with Gasteiger partial charge in [0.1, 0.15) is 5.41 Å². The van der Waals surface area contributed by atoms with Gasteiger partial charge in [0, 0.05) is 13.1 Å². The largest absolute Gasteiger partial charge is 0.325 e. The number of nitrogens with one attached hydrogen (secondary N) is 1. The molecule has 1 saturated heterocycles. The van der Waals surface area contributed by atoms with Gasteiger partial charge in [-0.25, -0.2) is 0 Å². The molecule has 58 valence electrons. The second kappa shape index (κ2) is 1.20. The van der Waals surface area contributed by atoms with Gasteiger partial charge in [0.2, 0.25) is 0 Å². The van der Waals surface area contributed by atoms with Crippen LogP contribution in [0.25, 0.3) is 0 Å². The first kappa shape index (κ1) is 6.39. The van der Waals surface area contributed by atoms with Crippen molar-refractivity contribution in [2.24, 2.45) is 5.41 Å². The molecule has 1 N–H and O–H groups in total. The third kappa shape index (κ3) is 0.321. The summed E-state index contributed by atoms with van der Waals surface area (Å²) < 4.78 is 48.9. The van der Waals surface area contributed by atoms with Crippen molar-refractivity contribution < 1.29 is 17.6 Å². The normalized spacial score (nSPS) is 37.2. The summed E-state index contributed by atoms with van der Waals surface area (Å²) in [5.74, 6) is -7.52. The molecular weight excluding hydrogens is 150 g/mol. The Morgan fingerprint density at radius 2 is 1.30 bits per heavy atom. The van der Waals surface area contributed by atoms with E-state index in [0.29, 0.717) is 0 Å². The summed E-state index contributed by atoms with van der Waals surface area (Å²) in [6.07, 6.45) is 0. The Hall–Kier alpha value is -0.320. The van der Waals surface area contributed by atoms with Gasteiger partial charge in [-0.05, 0) is 0 Å². The Bertz CT molecular complexity index is 168. The van der Waals surface area contributed by atoms with E-state index in [0.717, 1.165) is 0 Å². The van der Waals surface area contributed by atoms with Crippen molar-refractivity contribution in [1.82, 2.24) is 5.32 Å². The molecular formula is C5H5F4N. The zero-order chi connectivity index (χ0) is 7.62. The van der Waals surface area contributed by atoms with E-state index in [-0.39, 0.29) is 13.1 Å². The minimum absolute atomic E-state index is 0.257. The van der Waals surface area contributed by atoms with E-state index in [4.69, 9.17) is 0 Å².